The molecule has 0 radical (unpaired) electrons. The lowest BCUT2D eigenvalue weighted by Crippen LogP contribution is -1.92. The summed E-state index contributed by atoms with van der Waals surface area (Å²) in [6.45, 7) is 0. The molecule has 0 saturated heterocycles. The van der Waals surface area contributed by atoms with Gasteiger partial charge in [-0.3, -0.25) is 4.68 Å². The highest BCUT2D eigenvalue weighted by Gasteiger charge is 2.08. The minimum Gasteiger partial charge on any atom is -0.267 e. The van der Waals surface area contributed by atoms with Crippen molar-refractivity contribution in [1.82, 2.24) is 9.78 Å². The van der Waals surface area contributed by atoms with E-state index in [-0.39, 0.29) is 0 Å². The van der Waals surface area contributed by atoms with Crippen LogP contribution in [0, 0.1) is 0 Å². The van der Waals surface area contributed by atoms with Crippen molar-refractivity contribution < 1.29 is 0 Å². The molecule has 0 aliphatic rings. The smallest absolute Gasteiger partial charge is 0.0782 e. The normalized spacial score (nSPS) is 10.8. The summed E-state index contributed by atoms with van der Waals surface area (Å²) in [7, 11) is 1.93. The number of hydrogen-bond donors (Lipinski definition) is 0. The molecule has 2 nitrogen and oxygen atoms in total. The van der Waals surface area contributed by atoms with Gasteiger partial charge in [-0.05, 0) is 34.1 Å². The molecule has 2 heterocycles. The largest absolute Gasteiger partial charge is 0.267 e. The number of hydrogen-bond acceptors (Lipinski definition) is 2. The van der Waals surface area contributed by atoms with Gasteiger partial charge in [0.1, 0.15) is 0 Å². The van der Waals surface area contributed by atoms with Crippen LogP contribution in [0.15, 0.2) is 22.0 Å². The molecule has 0 N–H and O–H groups in total. The summed E-state index contributed by atoms with van der Waals surface area (Å²) in [5, 5.41) is 4.29. The van der Waals surface area contributed by atoms with Gasteiger partial charge in [-0.15, -0.1) is 22.9 Å². The van der Waals surface area contributed by atoms with Gasteiger partial charge >= 0.3 is 0 Å². The van der Waals surface area contributed by atoms with E-state index < -0.39 is 0 Å². The monoisotopic (exact) mass is 290 g/mol. The summed E-state index contributed by atoms with van der Waals surface area (Å²) in [5.41, 5.74) is 2.02. The molecule has 5 heteroatoms. The first kappa shape index (κ1) is 10.2. The molecule has 0 aliphatic carbocycles. The van der Waals surface area contributed by atoms with Gasteiger partial charge in [0.15, 0.2) is 0 Å². The van der Waals surface area contributed by atoms with Crippen LogP contribution in [0.2, 0.25) is 0 Å². The van der Waals surface area contributed by atoms with Crippen LogP contribution in [0.1, 0.15) is 5.69 Å². The molecule has 2 aromatic rings. The summed E-state index contributed by atoms with van der Waals surface area (Å²) < 4.78 is 2.98. The Labute approximate surface area is 99.6 Å². The topological polar surface area (TPSA) is 17.8 Å². The first-order valence-electron chi connectivity index (χ1n) is 4.05. The number of halogens is 2. The third-order valence-electron chi connectivity index (χ3n) is 1.89. The maximum Gasteiger partial charge on any atom is 0.0782 e. The van der Waals surface area contributed by atoms with Crippen LogP contribution in [-0.2, 0) is 12.9 Å². The molecule has 0 atom stereocenters. The van der Waals surface area contributed by atoms with Gasteiger partial charge < -0.3 is 0 Å². The molecular weight excluding hydrogens is 284 g/mol. The van der Waals surface area contributed by atoms with Gasteiger partial charge in [-0.1, -0.05) is 0 Å². The molecule has 0 spiro atoms. The van der Waals surface area contributed by atoms with Crippen LogP contribution in [0.4, 0.5) is 0 Å². The van der Waals surface area contributed by atoms with Gasteiger partial charge in [0.2, 0.25) is 0 Å². The Morgan fingerprint density at radius 1 is 1.57 bits per heavy atom. The average molecular weight is 292 g/mol. The summed E-state index contributed by atoms with van der Waals surface area (Å²) in [6.07, 6.45) is 0. The molecule has 0 bridgehead atoms. The number of aromatic nitrogens is 2. The summed E-state index contributed by atoms with van der Waals surface area (Å²) >= 11 is 10.9. The Morgan fingerprint density at radius 3 is 2.86 bits per heavy atom. The van der Waals surface area contributed by atoms with Gasteiger partial charge in [0, 0.05) is 7.05 Å². The Kier molecular flexibility index (Phi) is 2.95. The fourth-order valence-corrected chi connectivity index (χ4v) is 2.84. The van der Waals surface area contributed by atoms with Crippen molar-refractivity contribution in [1.29, 1.82) is 0 Å². The quantitative estimate of drug-likeness (QED) is 0.772. The van der Waals surface area contributed by atoms with E-state index in [2.05, 4.69) is 27.1 Å². The fourth-order valence-electron chi connectivity index (χ4n) is 1.27. The van der Waals surface area contributed by atoms with Crippen LogP contribution in [0.3, 0.4) is 0 Å². The van der Waals surface area contributed by atoms with Crippen molar-refractivity contribution in [2.45, 2.75) is 5.88 Å². The van der Waals surface area contributed by atoms with Crippen molar-refractivity contribution in [3.63, 3.8) is 0 Å². The Hall–Kier alpha value is -0.320. The van der Waals surface area contributed by atoms with Crippen molar-refractivity contribution in [2.75, 3.05) is 0 Å². The molecule has 0 aromatic carbocycles. The van der Waals surface area contributed by atoms with Crippen LogP contribution in [0.25, 0.3) is 10.6 Å². The molecule has 0 saturated carbocycles. The van der Waals surface area contributed by atoms with Gasteiger partial charge in [0.25, 0.3) is 0 Å². The fraction of sp³-hybridized carbons (Fsp3) is 0.222. The highest BCUT2D eigenvalue weighted by molar-refractivity contribution is 9.11. The van der Waals surface area contributed by atoms with Gasteiger partial charge in [0.05, 0.1) is 25.9 Å². The zero-order chi connectivity index (χ0) is 10.1. The predicted molar refractivity (Wildman–Crippen MR) is 63.8 cm³/mol. The molecule has 2 rings (SSSR count). The SMILES string of the molecule is Cn1nc(CCl)cc1-c1ccc(Br)s1. The molecule has 74 valence electrons. The summed E-state index contributed by atoms with van der Waals surface area (Å²) in [4.78, 5) is 1.20. The summed E-state index contributed by atoms with van der Waals surface area (Å²) in [5.74, 6) is 0.459. The van der Waals surface area contributed by atoms with E-state index >= 15 is 0 Å². The number of nitrogens with zero attached hydrogens (tertiary/aromatic N) is 2. The van der Waals surface area contributed by atoms with E-state index in [1.807, 2.05) is 23.9 Å². The van der Waals surface area contributed by atoms with E-state index in [1.54, 1.807) is 11.3 Å². The number of thiophene rings is 1. The van der Waals surface area contributed by atoms with Crippen molar-refractivity contribution >= 4 is 38.9 Å². The Morgan fingerprint density at radius 2 is 2.36 bits per heavy atom. The van der Waals surface area contributed by atoms with Crippen LogP contribution < -0.4 is 0 Å². The first-order chi connectivity index (χ1) is 6.70. The van der Waals surface area contributed by atoms with E-state index in [0.717, 1.165) is 15.2 Å². The molecule has 0 aliphatic heterocycles. The average Bonchev–Trinajstić information content (AvgIpc) is 2.71. The van der Waals surface area contributed by atoms with Crippen molar-refractivity contribution in [2.24, 2.45) is 7.05 Å². The molecule has 0 fully saturated rings. The lowest BCUT2D eigenvalue weighted by Gasteiger charge is -1.95. The number of rotatable bonds is 2. The Balaban J connectivity index is 2.45. The Bertz CT molecular complexity index is 449. The highest BCUT2D eigenvalue weighted by atomic mass is 79.9. The van der Waals surface area contributed by atoms with E-state index in [9.17, 15) is 0 Å². The second-order valence-corrected chi connectivity index (χ2v) is 5.61. The summed E-state index contributed by atoms with van der Waals surface area (Å²) in [6, 6.07) is 6.13. The molecule has 14 heavy (non-hydrogen) atoms. The lowest BCUT2D eigenvalue weighted by molar-refractivity contribution is 0.763. The van der Waals surface area contributed by atoms with Gasteiger partial charge in [-0.25, -0.2) is 0 Å². The standard InChI is InChI=1S/C9H8BrClN2S/c1-13-7(4-6(5-11)12-13)8-2-3-9(10)14-8/h2-4H,5H2,1H3. The second-order valence-electron chi connectivity index (χ2n) is 2.88. The first-order valence-corrected chi connectivity index (χ1v) is 6.19. The van der Waals surface area contributed by atoms with Gasteiger partial charge in [-0.2, -0.15) is 5.10 Å². The van der Waals surface area contributed by atoms with Crippen molar-refractivity contribution in [3.8, 4) is 10.6 Å². The van der Waals surface area contributed by atoms with Crippen LogP contribution >= 0.6 is 38.9 Å². The third kappa shape index (κ3) is 1.87. The zero-order valence-corrected chi connectivity index (χ0v) is 10.7. The maximum atomic E-state index is 5.72. The number of alkyl halides is 1. The van der Waals surface area contributed by atoms with E-state index in [0.29, 0.717) is 5.88 Å². The minimum absolute atomic E-state index is 0.459. The second kappa shape index (κ2) is 4.04. The maximum absolute atomic E-state index is 5.72. The van der Waals surface area contributed by atoms with E-state index in [1.165, 1.54) is 4.88 Å². The lowest BCUT2D eigenvalue weighted by atomic mass is 10.3. The van der Waals surface area contributed by atoms with Crippen molar-refractivity contribution in [3.05, 3.63) is 27.7 Å². The zero-order valence-electron chi connectivity index (χ0n) is 7.50. The molecule has 0 unspecified atom stereocenters. The molecular formula is C9H8BrClN2S. The minimum atomic E-state index is 0.459. The number of aryl methyl sites for hydroxylation is 1. The highest BCUT2D eigenvalue weighted by Crippen LogP contribution is 2.31. The molecule has 2 aromatic heterocycles. The van der Waals surface area contributed by atoms with E-state index in [4.69, 9.17) is 11.6 Å². The predicted octanol–water partition coefficient (Wildman–Crippen LogP) is 3.65. The third-order valence-corrected chi connectivity index (χ3v) is 3.81. The van der Waals surface area contributed by atoms with Crippen LogP contribution in [-0.4, -0.2) is 9.78 Å². The molecule has 0 amide bonds. The van der Waals surface area contributed by atoms with Crippen LogP contribution in [0.5, 0.6) is 0 Å².